The van der Waals surface area contributed by atoms with Crippen LogP contribution in [-0.2, 0) is 9.59 Å². The Labute approximate surface area is 191 Å². The molecule has 3 rings (SSSR count). The van der Waals surface area contributed by atoms with Gasteiger partial charge in [0.05, 0.1) is 34.9 Å². The van der Waals surface area contributed by atoms with Crippen LogP contribution in [0, 0.1) is 11.3 Å². The minimum atomic E-state index is -0.615. The Hall–Kier alpha value is -3.70. The number of nitriles is 1. The summed E-state index contributed by atoms with van der Waals surface area (Å²) >= 11 is 1.15. The molecule has 0 saturated heterocycles. The third-order valence-corrected chi connectivity index (χ3v) is 5.85. The average Bonchev–Trinajstić information content (AvgIpc) is 2.78. The van der Waals surface area contributed by atoms with Crippen molar-refractivity contribution in [3.05, 3.63) is 82.0 Å². The number of dihydropyridines is 1. The van der Waals surface area contributed by atoms with E-state index < -0.39 is 11.8 Å². The zero-order chi connectivity index (χ0) is 23.1. The molecule has 1 aliphatic heterocycles. The van der Waals surface area contributed by atoms with Crippen LogP contribution in [0.2, 0.25) is 0 Å². The van der Waals surface area contributed by atoms with Gasteiger partial charge in [-0.1, -0.05) is 42.1 Å². The number of carbonyl (C=O) groups excluding carboxylic acids is 2. The summed E-state index contributed by atoms with van der Waals surface area (Å²) in [6, 6.07) is 18.7. The van der Waals surface area contributed by atoms with E-state index in [1.807, 2.05) is 49.4 Å². The number of hydrogen-bond acceptors (Lipinski definition) is 6. The summed E-state index contributed by atoms with van der Waals surface area (Å²) in [5.41, 5.74) is 8.10. The summed E-state index contributed by atoms with van der Waals surface area (Å²) in [4.78, 5) is 24.6. The van der Waals surface area contributed by atoms with E-state index in [0.717, 1.165) is 17.3 Å². The molecular formula is C24H24N4O3S. The highest BCUT2D eigenvalue weighted by atomic mass is 32.2. The third-order valence-electron chi connectivity index (χ3n) is 4.81. The molecule has 0 fully saturated rings. The first-order valence-electron chi connectivity index (χ1n) is 10.1. The topological polar surface area (TPSA) is 117 Å². The number of thioether (sulfide) groups is 1. The van der Waals surface area contributed by atoms with Gasteiger partial charge in [-0.2, -0.15) is 5.26 Å². The van der Waals surface area contributed by atoms with Crippen LogP contribution in [0.15, 0.2) is 76.5 Å². The van der Waals surface area contributed by atoms with Crippen LogP contribution in [0.25, 0.3) is 0 Å². The van der Waals surface area contributed by atoms with Crippen molar-refractivity contribution in [3.8, 4) is 11.8 Å². The molecule has 1 heterocycles. The number of nitrogens with zero attached hydrogens (tertiary/aromatic N) is 1. The summed E-state index contributed by atoms with van der Waals surface area (Å²) in [5, 5.41) is 16.6. The Balaban J connectivity index is 2.05. The van der Waals surface area contributed by atoms with Crippen LogP contribution in [0.5, 0.6) is 5.75 Å². The Morgan fingerprint density at radius 3 is 2.47 bits per heavy atom. The second kappa shape index (κ2) is 10.6. The van der Waals surface area contributed by atoms with E-state index in [1.165, 1.54) is 0 Å². The predicted octanol–water partition coefficient (Wildman–Crippen LogP) is 3.64. The Morgan fingerprint density at radius 2 is 1.88 bits per heavy atom. The molecule has 0 radical (unpaired) electrons. The monoisotopic (exact) mass is 448 g/mol. The van der Waals surface area contributed by atoms with Crippen molar-refractivity contribution >= 4 is 29.3 Å². The minimum absolute atomic E-state index is 0.0162. The summed E-state index contributed by atoms with van der Waals surface area (Å²) in [6.45, 7) is 4.21. The maximum Gasteiger partial charge on any atom is 0.254 e. The van der Waals surface area contributed by atoms with Gasteiger partial charge < -0.3 is 21.1 Å². The van der Waals surface area contributed by atoms with Gasteiger partial charge in [0.15, 0.2) is 0 Å². The van der Waals surface area contributed by atoms with Gasteiger partial charge >= 0.3 is 0 Å². The van der Waals surface area contributed by atoms with Crippen LogP contribution in [0.3, 0.4) is 0 Å². The summed E-state index contributed by atoms with van der Waals surface area (Å²) in [5.74, 6) is -0.703. The molecule has 0 spiro atoms. The molecule has 1 atom stereocenters. The number of nitrogens with two attached hydrogens (primary N) is 1. The molecule has 7 nitrogen and oxygen atoms in total. The number of benzene rings is 2. The minimum Gasteiger partial charge on any atom is -0.494 e. The van der Waals surface area contributed by atoms with E-state index in [4.69, 9.17) is 10.5 Å². The highest BCUT2D eigenvalue weighted by molar-refractivity contribution is 8.03. The molecule has 2 aromatic rings. The van der Waals surface area contributed by atoms with Crippen molar-refractivity contribution in [2.45, 2.75) is 19.8 Å². The molecular weight excluding hydrogens is 424 g/mol. The number of rotatable bonds is 8. The van der Waals surface area contributed by atoms with E-state index in [0.29, 0.717) is 39.9 Å². The Kier molecular flexibility index (Phi) is 7.58. The van der Waals surface area contributed by atoms with Crippen molar-refractivity contribution in [3.63, 3.8) is 0 Å². The molecule has 2 aromatic carbocycles. The van der Waals surface area contributed by atoms with Crippen LogP contribution >= 0.6 is 11.8 Å². The Bertz CT molecular complexity index is 1100. The van der Waals surface area contributed by atoms with E-state index in [9.17, 15) is 14.9 Å². The van der Waals surface area contributed by atoms with Crippen LogP contribution < -0.4 is 21.1 Å². The van der Waals surface area contributed by atoms with E-state index in [2.05, 4.69) is 16.7 Å². The van der Waals surface area contributed by atoms with Crippen molar-refractivity contribution < 1.29 is 14.3 Å². The molecule has 8 heteroatoms. The van der Waals surface area contributed by atoms with Gasteiger partial charge in [-0.05, 0) is 43.7 Å². The van der Waals surface area contributed by atoms with Crippen molar-refractivity contribution in [2.75, 3.05) is 17.7 Å². The molecule has 0 aromatic heterocycles. The molecule has 4 N–H and O–H groups in total. The first kappa shape index (κ1) is 23.0. The van der Waals surface area contributed by atoms with Gasteiger partial charge in [0.1, 0.15) is 5.75 Å². The summed E-state index contributed by atoms with van der Waals surface area (Å²) in [7, 11) is 0. The number of allylic oxidation sites excluding steroid dienone is 2. The van der Waals surface area contributed by atoms with Crippen molar-refractivity contribution in [1.82, 2.24) is 5.32 Å². The fraction of sp³-hybridized carbons (Fsp3) is 0.208. The molecule has 164 valence electrons. The zero-order valence-electron chi connectivity index (χ0n) is 17.8. The lowest BCUT2D eigenvalue weighted by Crippen LogP contribution is -2.31. The molecule has 32 heavy (non-hydrogen) atoms. The number of carbonyl (C=O) groups is 2. The lowest BCUT2D eigenvalue weighted by molar-refractivity contribution is -0.115. The highest BCUT2D eigenvalue weighted by Gasteiger charge is 2.34. The van der Waals surface area contributed by atoms with Gasteiger partial charge in [-0.3, -0.25) is 9.59 Å². The van der Waals surface area contributed by atoms with Crippen molar-refractivity contribution in [2.24, 2.45) is 5.73 Å². The maximum atomic E-state index is 13.3. The fourth-order valence-corrected chi connectivity index (χ4v) is 4.28. The molecule has 0 bridgehead atoms. The molecule has 1 aliphatic rings. The maximum absolute atomic E-state index is 13.3. The number of nitrogens with one attached hydrogen (secondary N) is 2. The first-order valence-corrected chi connectivity index (χ1v) is 11.1. The fourth-order valence-electron chi connectivity index (χ4n) is 3.45. The number of anilines is 1. The van der Waals surface area contributed by atoms with Crippen molar-refractivity contribution in [1.29, 1.82) is 5.26 Å². The largest absolute Gasteiger partial charge is 0.494 e. The van der Waals surface area contributed by atoms with Crippen LogP contribution in [0.4, 0.5) is 5.69 Å². The lowest BCUT2D eigenvalue weighted by Gasteiger charge is -2.30. The van der Waals surface area contributed by atoms with Gasteiger partial charge in [0.2, 0.25) is 5.91 Å². The normalized spacial score (nSPS) is 15.6. The zero-order valence-corrected chi connectivity index (χ0v) is 18.7. The van der Waals surface area contributed by atoms with E-state index in [1.54, 1.807) is 19.1 Å². The molecule has 0 saturated carbocycles. The Morgan fingerprint density at radius 1 is 1.19 bits per heavy atom. The predicted molar refractivity (Wildman–Crippen MR) is 126 cm³/mol. The molecule has 0 unspecified atom stereocenters. The second-order valence-electron chi connectivity index (χ2n) is 7.03. The second-order valence-corrected chi connectivity index (χ2v) is 8.01. The standard InChI is InChI=1S/C24H24N4O3S/c1-3-31-18-11-9-16(10-12-18)22-19(13-25)24(32-14-20(26)29)27-15(2)21(22)23(30)28-17-7-5-4-6-8-17/h4-12,22,27H,3,14H2,1-2H3,(H2,26,29)(H,28,30)/t22-/m1/s1. The number of primary amides is 1. The quantitative estimate of drug-likeness (QED) is 0.568. The van der Waals surface area contributed by atoms with Crippen LogP contribution in [0.1, 0.15) is 25.3 Å². The average molecular weight is 449 g/mol. The SMILES string of the molecule is CCOc1ccc([C@@H]2C(C#N)=C(SCC(N)=O)NC(C)=C2C(=O)Nc2ccccc2)cc1. The summed E-state index contributed by atoms with van der Waals surface area (Å²) in [6.07, 6.45) is 0. The van der Waals surface area contributed by atoms with E-state index >= 15 is 0 Å². The number of ether oxygens (including phenoxy) is 1. The number of hydrogen-bond donors (Lipinski definition) is 3. The van der Waals surface area contributed by atoms with Gasteiger partial charge in [-0.25, -0.2) is 0 Å². The number of para-hydroxylation sites is 1. The first-order chi connectivity index (χ1) is 15.4. The molecule has 0 aliphatic carbocycles. The number of amides is 2. The lowest BCUT2D eigenvalue weighted by atomic mass is 9.82. The van der Waals surface area contributed by atoms with E-state index in [-0.39, 0.29) is 11.7 Å². The van der Waals surface area contributed by atoms with Gasteiger partial charge in [0.25, 0.3) is 5.91 Å². The molecule has 2 amide bonds. The smallest absolute Gasteiger partial charge is 0.254 e. The van der Waals surface area contributed by atoms with Gasteiger partial charge in [-0.15, -0.1) is 0 Å². The third kappa shape index (κ3) is 5.31. The highest BCUT2D eigenvalue weighted by Crippen LogP contribution is 2.41. The summed E-state index contributed by atoms with van der Waals surface area (Å²) < 4.78 is 5.53. The van der Waals surface area contributed by atoms with Crippen LogP contribution in [-0.4, -0.2) is 24.2 Å². The van der Waals surface area contributed by atoms with Gasteiger partial charge in [0, 0.05) is 17.0 Å².